The Morgan fingerprint density at radius 2 is 1.88 bits per heavy atom. The van der Waals surface area contributed by atoms with E-state index in [0.717, 1.165) is 12.8 Å². The van der Waals surface area contributed by atoms with Crippen LogP contribution in [0.1, 0.15) is 40.5 Å². The summed E-state index contributed by atoms with van der Waals surface area (Å²) in [5, 5.41) is 11.9. The van der Waals surface area contributed by atoms with Gasteiger partial charge < -0.3 is 16.2 Å². The molecule has 4 N–H and O–H groups in total. The van der Waals surface area contributed by atoms with Gasteiger partial charge in [-0.2, -0.15) is 0 Å². The number of hydrogen-bond donors (Lipinski definition) is 3. The Morgan fingerprint density at radius 1 is 1.29 bits per heavy atom. The van der Waals surface area contributed by atoms with Crippen LogP contribution in [0.4, 0.5) is 0 Å². The van der Waals surface area contributed by atoms with Gasteiger partial charge in [-0.25, -0.2) is 0 Å². The zero-order valence-corrected chi connectivity index (χ0v) is 11.6. The van der Waals surface area contributed by atoms with Crippen molar-refractivity contribution in [2.45, 2.75) is 46.6 Å². The van der Waals surface area contributed by atoms with Crippen molar-refractivity contribution in [3.63, 3.8) is 0 Å². The molecular weight excluding hydrogens is 216 g/mol. The van der Waals surface area contributed by atoms with E-state index in [9.17, 15) is 4.79 Å². The second-order valence-electron chi connectivity index (χ2n) is 5.40. The fourth-order valence-corrected chi connectivity index (χ4v) is 1.80. The quantitative estimate of drug-likeness (QED) is 0.599. The molecule has 0 aromatic rings. The van der Waals surface area contributed by atoms with Crippen LogP contribution in [0.25, 0.3) is 0 Å². The Kier molecular flexibility index (Phi) is 8.17. The fourth-order valence-electron chi connectivity index (χ4n) is 1.80. The number of aliphatic hydroxyl groups is 1. The minimum atomic E-state index is -0.163. The molecule has 0 aliphatic heterocycles. The lowest BCUT2D eigenvalue weighted by molar-refractivity contribution is -0.125. The van der Waals surface area contributed by atoms with Crippen LogP contribution in [0.2, 0.25) is 0 Å². The van der Waals surface area contributed by atoms with E-state index in [0.29, 0.717) is 18.4 Å². The number of carbonyl (C=O) groups is 1. The second-order valence-corrected chi connectivity index (χ2v) is 5.40. The number of nitrogens with two attached hydrogens (primary N) is 1. The number of aliphatic hydroxyl groups excluding tert-OH is 1. The average Bonchev–Trinajstić information content (AvgIpc) is 2.23. The van der Waals surface area contributed by atoms with Gasteiger partial charge in [-0.1, -0.05) is 20.8 Å². The first-order chi connectivity index (χ1) is 7.88. The van der Waals surface area contributed by atoms with Crippen molar-refractivity contribution in [1.82, 2.24) is 5.32 Å². The summed E-state index contributed by atoms with van der Waals surface area (Å²) in [5.74, 6) is 0.772. The molecule has 3 atom stereocenters. The monoisotopic (exact) mass is 244 g/mol. The van der Waals surface area contributed by atoms with Gasteiger partial charge in [0, 0.05) is 25.1 Å². The number of nitrogens with one attached hydrogen (secondary N) is 1. The van der Waals surface area contributed by atoms with E-state index in [2.05, 4.69) is 19.2 Å². The maximum atomic E-state index is 11.7. The largest absolute Gasteiger partial charge is 0.396 e. The molecule has 0 radical (unpaired) electrons. The van der Waals surface area contributed by atoms with Gasteiger partial charge in [-0.3, -0.25) is 4.79 Å². The Labute approximate surface area is 105 Å². The van der Waals surface area contributed by atoms with Crippen molar-refractivity contribution in [3.8, 4) is 0 Å². The van der Waals surface area contributed by atoms with Gasteiger partial charge >= 0.3 is 0 Å². The van der Waals surface area contributed by atoms with Crippen LogP contribution in [0.15, 0.2) is 0 Å². The van der Waals surface area contributed by atoms with E-state index in [-0.39, 0.29) is 24.5 Å². The summed E-state index contributed by atoms with van der Waals surface area (Å²) in [4.78, 5) is 11.7. The van der Waals surface area contributed by atoms with Crippen LogP contribution >= 0.6 is 0 Å². The minimum absolute atomic E-state index is 0.00620. The molecule has 0 heterocycles. The van der Waals surface area contributed by atoms with E-state index in [4.69, 9.17) is 10.8 Å². The van der Waals surface area contributed by atoms with Gasteiger partial charge in [0.15, 0.2) is 0 Å². The van der Waals surface area contributed by atoms with Gasteiger partial charge in [0.1, 0.15) is 0 Å². The lowest BCUT2D eigenvalue weighted by atomic mass is 9.94. The standard InChI is InChI=1S/C13H28N2O2/c1-9(2)7-12(5-6-16)8-15-13(17)10(3)11(4)14/h9-12,16H,5-8,14H2,1-4H3,(H,15,17). The summed E-state index contributed by atoms with van der Waals surface area (Å²) in [6.45, 7) is 8.78. The van der Waals surface area contributed by atoms with Crippen LogP contribution in [0.5, 0.6) is 0 Å². The molecule has 102 valence electrons. The van der Waals surface area contributed by atoms with Crippen LogP contribution < -0.4 is 11.1 Å². The normalized spacial score (nSPS) is 16.6. The highest BCUT2D eigenvalue weighted by Gasteiger charge is 2.18. The Balaban J connectivity index is 4.07. The van der Waals surface area contributed by atoms with Crippen molar-refractivity contribution in [3.05, 3.63) is 0 Å². The number of carbonyl (C=O) groups excluding carboxylic acids is 1. The second kappa shape index (κ2) is 8.48. The molecule has 1 amide bonds. The summed E-state index contributed by atoms with van der Waals surface area (Å²) >= 11 is 0. The molecular formula is C13H28N2O2. The number of rotatable bonds is 8. The van der Waals surface area contributed by atoms with Crippen molar-refractivity contribution in [2.75, 3.05) is 13.2 Å². The zero-order chi connectivity index (χ0) is 13.4. The van der Waals surface area contributed by atoms with E-state index in [1.54, 1.807) is 0 Å². The van der Waals surface area contributed by atoms with Crippen molar-refractivity contribution in [2.24, 2.45) is 23.5 Å². The average molecular weight is 244 g/mol. The number of hydrogen-bond acceptors (Lipinski definition) is 3. The summed E-state index contributed by atoms with van der Waals surface area (Å²) in [6, 6.07) is -0.128. The Morgan fingerprint density at radius 3 is 2.29 bits per heavy atom. The zero-order valence-electron chi connectivity index (χ0n) is 11.6. The highest BCUT2D eigenvalue weighted by atomic mass is 16.3. The molecule has 0 aliphatic carbocycles. The summed E-state index contributed by atoms with van der Waals surface area (Å²) in [6.07, 6.45) is 1.76. The van der Waals surface area contributed by atoms with E-state index < -0.39 is 0 Å². The predicted molar refractivity (Wildman–Crippen MR) is 70.5 cm³/mol. The maximum Gasteiger partial charge on any atom is 0.224 e. The smallest absolute Gasteiger partial charge is 0.224 e. The van der Waals surface area contributed by atoms with E-state index >= 15 is 0 Å². The van der Waals surface area contributed by atoms with Crippen LogP contribution in [-0.2, 0) is 4.79 Å². The number of amides is 1. The molecule has 0 fully saturated rings. The maximum absolute atomic E-state index is 11.7. The fraction of sp³-hybridized carbons (Fsp3) is 0.923. The minimum Gasteiger partial charge on any atom is -0.396 e. The molecule has 0 rings (SSSR count). The van der Waals surface area contributed by atoms with Crippen LogP contribution in [0.3, 0.4) is 0 Å². The molecule has 0 spiro atoms. The first-order valence-corrected chi connectivity index (χ1v) is 6.52. The van der Waals surface area contributed by atoms with E-state index in [1.807, 2.05) is 13.8 Å². The first kappa shape index (κ1) is 16.4. The molecule has 0 aromatic carbocycles. The molecule has 4 heteroatoms. The van der Waals surface area contributed by atoms with Crippen LogP contribution in [0, 0.1) is 17.8 Å². The Bertz CT molecular complexity index is 217. The third-order valence-electron chi connectivity index (χ3n) is 3.11. The molecule has 3 unspecified atom stereocenters. The highest BCUT2D eigenvalue weighted by Crippen LogP contribution is 2.14. The van der Waals surface area contributed by atoms with E-state index in [1.165, 1.54) is 0 Å². The van der Waals surface area contributed by atoms with Gasteiger partial charge in [0.05, 0.1) is 0 Å². The van der Waals surface area contributed by atoms with Gasteiger partial charge in [0.25, 0.3) is 0 Å². The van der Waals surface area contributed by atoms with Crippen molar-refractivity contribution in [1.29, 1.82) is 0 Å². The molecule has 0 aromatic heterocycles. The van der Waals surface area contributed by atoms with Gasteiger partial charge in [0.2, 0.25) is 5.91 Å². The molecule has 0 bridgehead atoms. The molecule has 0 saturated carbocycles. The van der Waals surface area contributed by atoms with Crippen LogP contribution in [-0.4, -0.2) is 30.2 Å². The third kappa shape index (κ3) is 7.34. The van der Waals surface area contributed by atoms with Gasteiger partial charge in [-0.05, 0) is 31.6 Å². The summed E-state index contributed by atoms with van der Waals surface area (Å²) in [5.41, 5.74) is 5.68. The lowest BCUT2D eigenvalue weighted by Gasteiger charge is -2.21. The summed E-state index contributed by atoms with van der Waals surface area (Å²) in [7, 11) is 0. The third-order valence-corrected chi connectivity index (χ3v) is 3.11. The molecule has 4 nitrogen and oxygen atoms in total. The lowest BCUT2D eigenvalue weighted by Crippen LogP contribution is -2.40. The highest BCUT2D eigenvalue weighted by molar-refractivity contribution is 5.78. The van der Waals surface area contributed by atoms with Crippen molar-refractivity contribution < 1.29 is 9.90 Å². The molecule has 0 aliphatic rings. The first-order valence-electron chi connectivity index (χ1n) is 6.52. The predicted octanol–water partition coefficient (Wildman–Crippen LogP) is 1.13. The summed E-state index contributed by atoms with van der Waals surface area (Å²) < 4.78 is 0. The molecule has 0 saturated heterocycles. The topological polar surface area (TPSA) is 75.3 Å². The van der Waals surface area contributed by atoms with Crippen molar-refractivity contribution >= 4 is 5.91 Å². The Hall–Kier alpha value is -0.610. The van der Waals surface area contributed by atoms with Gasteiger partial charge in [-0.15, -0.1) is 0 Å². The SMILES string of the molecule is CC(C)CC(CCO)CNC(=O)C(C)C(C)N. The molecule has 17 heavy (non-hydrogen) atoms.